The quantitative estimate of drug-likeness (QED) is 0.762. The Labute approximate surface area is 102 Å². The second-order valence-corrected chi connectivity index (χ2v) is 5.46. The zero-order valence-electron chi connectivity index (χ0n) is 9.83. The molecule has 0 fully saturated rings. The molecule has 0 heterocycles. The largest absolute Gasteiger partial charge is 0.123 e. The highest BCUT2D eigenvalue weighted by molar-refractivity contribution is 8.21. The Morgan fingerprint density at radius 2 is 1.67 bits per heavy atom. The molecule has 0 aromatic heterocycles. The Bertz CT molecular complexity index is 327. The molecule has 0 aliphatic heterocycles. The summed E-state index contributed by atoms with van der Waals surface area (Å²) >= 11 is 3.65. The smallest absolute Gasteiger partial charge is 0.0358 e. The number of hydrogen-bond donors (Lipinski definition) is 0. The van der Waals surface area contributed by atoms with E-state index in [1.165, 1.54) is 20.9 Å². The Morgan fingerprint density at radius 1 is 1.13 bits per heavy atom. The third kappa shape index (κ3) is 3.62. The van der Waals surface area contributed by atoms with Crippen LogP contribution in [-0.4, -0.2) is 12.5 Å². The summed E-state index contributed by atoms with van der Waals surface area (Å²) in [7, 11) is 0. The predicted molar refractivity (Wildman–Crippen MR) is 74.7 cm³/mol. The molecule has 15 heavy (non-hydrogen) atoms. The minimum absolute atomic E-state index is 1.05. The van der Waals surface area contributed by atoms with Gasteiger partial charge in [0.15, 0.2) is 0 Å². The molecule has 0 saturated carbocycles. The van der Waals surface area contributed by atoms with E-state index in [1.54, 1.807) is 0 Å². The van der Waals surface area contributed by atoms with Gasteiger partial charge in [-0.1, -0.05) is 24.3 Å². The van der Waals surface area contributed by atoms with E-state index in [2.05, 4.69) is 50.6 Å². The Kier molecular flexibility index (Phi) is 5.34. The maximum Gasteiger partial charge on any atom is 0.0358 e. The zero-order chi connectivity index (χ0) is 11.3. The normalized spacial score (nSPS) is 10.1. The predicted octanol–water partition coefficient (Wildman–Crippen LogP) is 4.41. The number of rotatable bonds is 4. The number of aryl methyl sites for hydroxylation is 2. The first-order valence-electron chi connectivity index (χ1n) is 5.02. The van der Waals surface area contributed by atoms with E-state index in [0.29, 0.717) is 0 Å². The van der Waals surface area contributed by atoms with Crippen molar-refractivity contribution < 1.29 is 0 Å². The van der Waals surface area contributed by atoms with Crippen molar-refractivity contribution in [3.05, 3.63) is 45.2 Å². The first-order valence-corrected chi connectivity index (χ1v) is 7.47. The van der Waals surface area contributed by atoms with Gasteiger partial charge < -0.3 is 0 Å². The van der Waals surface area contributed by atoms with Gasteiger partial charge in [0, 0.05) is 4.24 Å². The van der Waals surface area contributed by atoms with Crippen molar-refractivity contribution in [2.75, 3.05) is 12.5 Å². The minimum Gasteiger partial charge on any atom is -0.123 e. The third-order valence-electron chi connectivity index (χ3n) is 2.52. The molecule has 0 N–H and O–H groups in total. The highest BCUT2D eigenvalue weighted by atomic mass is 32.2. The van der Waals surface area contributed by atoms with Crippen LogP contribution in [0.1, 0.15) is 16.7 Å². The van der Waals surface area contributed by atoms with Crippen molar-refractivity contribution in [1.29, 1.82) is 0 Å². The van der Waals surface area contributed by atoms with Gasteiger partial charge >= 0.3 is 0 Å². The summed E-state index contributed by atoms with van der Waals surface area (Å²) in [4.78, 5) is 0. The summed E-state index contributed by atoms with van der Waals surface area (Å²) < 4.78 is 1.40. The zero-order valence-corrected chi connectivity index (χ0v) is 11.5. The van der Waals surface area contributed by atoms with Crippen LogP contribution in [0.15, 0.2) is 28.5 Å². The molecular weight excluding hydrogens is 220 g/mol. The van der Waals surface area contributed by atoms with E-state index in [4.69, 9.17) is 0 Å². The first-order chi connectivity index (χ1) is 7.19. The van der Waals surface area contributed by atoms with Crippen LogP contribution in [0, 0.1) is 13.8 Å². The molecular formula is C13H18S2. The molecule has 0 amide bonds. The Hall–Kier alpha value is -0.340. The molecule has 0 aliphatic rings. The second-order valence-electron chi connectivity index (χ2n) is 3.51. The molecule has 0 saturated heterocycles. The molecule has 0 unspecified atom stereocenters. The van der Waals surface area contributed by atoms with Gasteiger partial charge in [0.1, 0.15) is 0 Å². The molecule has 0 aliphatic carbocycles. The maximum atomic E-state index is 2.32. The van der Waals surface area contributed by atoms with Crippen LogP contribution in [0.3, 0.4) is 0 Å². The lowest BCUT2D eigenvalue weighted by Crippen LogP contribution is -1.91. The molecule has 1 aromatic rings. The maximum absolute atomic E-state index is 2.32. The fourth-order valence-corrected chi connectivity index (χ4v) is 2.77. The molecule has 0 bridgehead atoms. The molecule has 0 nitrogen and oxygen atoms in total. The lowest BCUT2D eigenvalue weighted by Gasteiger charge is -2.07. The Balaban J connectivity index is 2.85. The van der Waals surface area contributed by atoms with Crippen LogP contribution in [0.4, 0.5) is 0 Å². The number of thioether (sulfide) groups is 2. The van der Waals surface area contributed by atoms with Crippen molar-refractivity contribution in [3.8, 4) is 0 Å². The van der Waals surface area contributed by atoms with Gasteiger partial charge in [-0.15, -0.1) is 23.5 Å². The molecule has 0 spiro atoms. The number of hydrogen-bond acceptors (Lipinski definition) is 2. The van der Waals surface area contributed by atoms with E-state index < -0.39 is 0 Å². The summed E-state index contributed by atoms with van der Waals surface area (Å²) in [5.74, 6) is 0. The van der Waals surface area contributed by atoms with Crippen LogP contribution in [0.25, 0.3) is 0 Å². The molecule has 82 valence electrons. The van der Waals surface area contributed by atoms with Gasteiger partial charge in [0.2, 0.25) is 0 Å². The minimum atomic E-state index is 1.05. The molecule has 2 heteroatoms. The van der Waals surface area contributed by atoms with Crippen molar-refractivity contribution in [1.82, 2.24) is 0 Å². The fourth-order valence-electron chi connectivity index (χ4n) is 1.61. The van der Waals surface area contributed by atoms with Crippen LogP contribution < -0.4 is 0 Å². The average molecular weight is 238 g/mol. The monoisotopic (exact) mass is 238 g/mol. The lowest BCUT2D eigenvalue weighted by atomic mass is 10.0. The van der Waals surface area contributed by atoms with Crippen molar-refractivity contribution in [2.45, 2.75) is 20.3 Å². The van der Waals surface area contributed by atoms with E-state index in [0.717, 1.165) is 6.42 Å². The topological polar surface area (TPSA) is 0 Å². The number of allylic oxidation sites excluding steroid dienone is 1. The second kappa shape index (κ2) is 6.29. The molecule has 1 rings (SSSR count). The van der Waals surface area contributed by atoms with Gasteiger partial charge in [-0.25, -0.2) is 0 Å². The summed E-state index contributed by atoms with van der Waals surface area (Å²) in [5, 5.41) is 0. The summed E-state index contributed by atoms with van der Waals surface area (Å²) in [6.45, 7) is 4.38. The number of benzene rings is 1. The molecule has 0 radical (unpaired) electrons. The molecule has 0 atom stereocenters. The van der Waals surface area contributed by atoms with E-state index in [1.807, 2.05) is 23.5 Å². The first kappa shape index (κ1) is 12.7. The van der Waals surface area contributed by atoms with Crippen molar-refractivity contribution in [3.63, 3.8) is 0 Å². The standard InChI is InChI=1S/C13H18S2/c1-10-6-5-7-11(2)12(10)8-9-13(14-3)15-4/h5-7,9H,8H2,1-4H3. The summed E-state index contributed by atoms with van der Waals surface area (Å²) in [6.07, 6.45) is 7.64. The van der Waals surface area contributed by atoms with Gasteiger partial charge in [0.05, 0.1) is 0 Å². The van der Waals surface area contributed by atoms with Gasteiger partial charge in [-0.2, -0.15) is 0 Å². The van der Waals surface area contributed by atoms with Crippen molar-refractivity contribution >= 4 is 23.5 Å². The van der Waals surface area contributed by atoms with Crippen LogP contribution >= 0.6 is 23.5 Å². The summed E-state index contributed by atoms with van der Waals surface area (Å²) in [5.41, 5.74) is 4.26. The van der Waals surface area contributed by atoms with Crippen LogP contribution in [-0.2, 0) is 6.42 Å². The van der Waals surface area contributed by atoms with Crippen LogP contribution in [0.2, 0.25) is 0 Å². The SMILES string of the molecule is CSC(=CCc1c(C)cccc1C)SC. The Morgan fingerprint density at radius 3 is 2.13 bits per heavy atom. The van der Waals surface area contributed by atoms with Gasteiger partial charge in [-0.3, -0.25) is 0 Å². The fraction of sp³-hybridized carbons (Fsp3) is 0.385. The lowest BCUT2D eigenvalue weighted by molar-refractivity contribution is 1.17. The molecule has 1 aromatic carbocycles. The van der Waals surface area contributed by atoms with E-state index in [9.17, 15) is 0 Å². The highest BCUT2D eigenvalue weighted by Crippen LogP contribution is 2.25. The average Bonchev–Trinajstić information content (AvgIpc) is 2.23. The van der Waals surface area contributed by atoms with Crippen molar-refractivity contribution in [2.24, 2.45) is 0 Å². The summed E-state index contributed by atoms with van der Waals surface area (Å²) in [6, 6.07) is 6.50. The van der Waals surface area contributed by atoms with Crippen LogP contribution in [0.5, 0.6) is 0 Å². The third-order valence-corrected chi connectivity index (χ3v) is 4.66. The van der Waals surface area contributed by atoms with Gasteiger partial charge in [-0.05, 0) is 49.5 Å². The van der Waals surface area contributed by atoms with E-state index >= 15 is 0 Å². The van der Waals surface area contributed by atoms with Gasteiger partial charge in [0.25, 0.3) is 0 Å². The van der Waals surface area contributed by atoms with E-state index in [-0.39, 0.29) is 0 Å². The highest BCUT2D eigenvalue weighted by Gasteiger charge is 2.00.